The zero-order valence-corrected chi connectivity index (χ0v) is 15.2. The first-order valence-corrected chi connectivity index (χ1v) is 9.76. The second kappa shape index (κ2) is 7.97. The molecule has 0 aliphatic carbocycles. The van der Waals surface area contributed by atoms with Crippen molar-refractivity contribution in [2.24, 2.45) is 0 Å². The van der Waals surface area contributed by atoms with Crippen LogP contribution in [0.5, 0.6) is 0 Å². The zero-order valence-electron chi connectivity index (χ0n) is 14.4. The molecule has 2 aromatic heterocycles. The Labute approximate surface area is 153 Å². The lowest BCUT2D eigenvalue weighted by molar-refractivity contribution is 0.601. The van der Waals surface area contributed by atoms with Crippen LogP contribution in [0, 0.1) is 0 Å². The number of sulfonamides is 1. The minimum absolute atomic E-state index is 0.219. The van der Waals surface area contributed by atoms with E-state index in [-0.39, 0.29) is 10.7 Å². The topological polar surface area (TPSA) is 84.0 Å². The smallest absolute Gasteiger partial charge is 0.263 e. The summed E-state index contributed by atoms with van der Waals surface area (Å²) in [5.74, 6) is 0.277. The van der Waals surface area contributed by atoms with E-state index in [9.17, 15) is 8.42 Å². The highest BCUT2D eigenvalue weighted by molar-refractivity contribution is 7.92. The molecular weight excluding hydrogens is 348 g/mol. The Morgan fingerprint density at radius 1 is 0.923 bits per heavy atom. The van der Waals surface area contributed by atoms with Crippen LogP contribution in [-0.4, -0.2) is 18.4 Å². The van der Waals surface area contributed by atoms with E-state index in [1.54, 1.807) is 42.9 Å². The van der Waals surface area contributed by atoms with Gasteiger partial charge in [0.1, 0.15) is 5.82 Å². The predicted molar refractivity (Wildman–Crippen MR) is 102 cm³/mol. The molecule has 2 heterocycles. The Balaban J connectivity index is 1.64. The fourth-order valence-electron chi connectivity index (χ4n) is 2.36. The average Bonchev–Trinajstić information content (AvgIpc) is 2.68. The van der Waals surface area contributed by atoms with Crippen LogP contribution in [0.15, 0.2) is 72.0 Å². The number of hydrogen-bond acceptors (Lipinski definition) is 5. The van der Waals surface area contributed by atoms with Crippen LogP contribution < -0.4 is 10.0 Å². The van der Waals surface area contributed by atoms with Crippen LogP contribution in [0.1, 0.15) is 18.1 Å². The molecular formula is C19H20N4O2S. The van der Waals surface area contributed by atoms with E-state index < -0.39 is 10.0 Å². The Hall–Kier alpha value is -2.93. The van der Waals surface area contributed by atoms with Crippen molar-refractivity contribution < 1.29 is 8.42 Å². The molecule has 0 atom stereocenters. The van der Waals surface area contributed by atoms with E-state index in [2.05, 4.69) is 20.0 Å². The minimum atomic E-state index is -3.65. The van der Waals surface area contributed by atoms with Gasteiger partial charge in [0.25, 0.3) is 10.0 Å². The number of nitrogens with zero attached hydrogens (tertiary/aromatic N) is 2. The first-order valence-electron chi connectivity index (χ1n) is 8.27. The van der Waals surface area contributed by atoms with Crippen LogP contribution in [0.4, 0.5) is 11.5 Å². The molecule has 1 aromatic carbocycles. The number of pyridine rings is 2. The summed E-state index contributed by atoms with van der Waals surface area (Å²) in [5.41, 5.74) is 2.99. The van der Waals surface area contributed by atoms with Gasteiger partial charge >= 0.3 is 0 Å². The lowest BCUT2D eigenvalue weighted by Gasteiger charge is -2.10. The van der Waals surface area contributed by atoms with Gasteiger partial charge in [-0.05, 0) is 53.9 Å². The molecule has 0 spiro atoms. The van der Waals surface area contributed by atoms with Crippen molar-refractivity contribution in [3.63, 3.8) is 0 Å². The number of anilines is 2. The Morgan fingerprint density at radius 3 is 2.27 bits per heavy atom. The molecule has 0 aliphatic heterocycles. The molecule has 26 heavy (non-hydrogen) atoms. The fraction of sp³-hybridized carbons (Fsp3) is 0.158. The fourth-order valence-corrected chi connectivity index (χ4v) is 3.37. The molecule has 0 unspecified atom stereocenters. The van der Waals surface area contributed by atoms with E-state index in [1.807, 2.05) is 31.2 Å². The standard InChI is InChI=1S/C19H20N4O2S/c1-2-15-3-6-18(7-4-15)26(24,25)23-19-8-5-17(14-22-19)21-13-16-9-11-20-12-10-16/h3-12,14,21H,2,13H2,1H3,(H,22,23). The van der Waals surface area contributed by atoms with Gasteiger partial charge in [-0.25, -0.2) is 13.4 Å². The van der Waals surface area contributed by atoms with Gasteiger partial charge in [0.2, 0.25) is 0 Å². The van der Waals surface area contributed by atoms with Gasteiger partial charge in [0.15, 0.2) is 0 Å². The molecule has 134 valence electrons. The van der Waals surface area contributed by atoms with Crippen LogP contribution in [0.2, 0.25) is 0 Å². The van der Waals surface area contributed by atoms with Crippen molar-refractivity contribution in [3.05, 3.63) is 78.2 Å². The first kappa shape index (κ1) is 17.9. The summed E-state index contributed by atoms with van der Waals surface area (Å²) in [4.78, 5) is 8.36. The second-order valence-corrected chi connectivity index (χ2v) is 7.43. The van der Waals surface area contributed by atoms with Crippen LogP contribution >= 0.6 is 0 Å². The molecule has 0 saturated heterocycles. The quantitative estimate of drug-likeness (QED) is 0.667. The Morgan fingerprint density at radius 2 is 1.65 bits per heavy atom. The minimum Gasteiger partial charge on any atom is -0.380 e. The summed E-state index contributed by atoms with van der Waals surface area (Å²) in [6, 6.07) is 14.1. The molecule has 3 rings (SSSR count). The van der Waals surface area contributed by atoms with Crippen molar-refractivity contribution in [2.75, 3.05) is 10.0 Å². The summed E-state index contributed by atoms with van der Waals surface area (Å²) in [6.45, 7) is 2.66. The van der Waals surface area contributed by atoms with Crippen molar-refractivity contribution in [2.45, 2.75) is 24.8 Å². The molecule has 6 nitrogen and oxygen atoms in total. The number of aryl methyl sites for hydroxylation is 1. The lowest BCUT2D eigenvalue weighted by atomic mass is 10.2. The molecule has 0 aliphatic rings. The summed E-state index contributed by atoms with van der Waals surface area (Å²) in [7, 11) is -3.65. The van der Waals surface area contributed by atoms with Crippen molar-refractivity contribution in [1.29, 1.82) is 0 Å². The highest BCUT2D eigenvalue weighted by Crippen LogP contribution is 2.17. The van der Waals surface area contributed by atoms with Crippen LogP contribution in [-0.2, 0) is 23.0 Å². The highest BCUT2D eigenvalue weighted by Gasteiger charge is 2.14. The van der Waals surface area contributed by atoms with E-state index in [1.165, 1.54) is 0 Å². The van der Waals surface area contributed by atoms with Gasteiger partial charge in [-0.2, -0.15) is 0 Å². The van der Waals surface area contributed by atoms with Crippen molar-refractivity contribution in [3.8, 4) is 0 Å². The predicted octanol–water partition coefficient (Wildman–Crippen LogP) is 3.45. The maximum atomic E-state index is 12.4. The van der Waals surface area contributed by atoms with Gasteiger partial charge in [-0.1, -0.05) is 19.1 Å². The molecule has 0 saturated carbocycles. The summed E-state index contributed by atoms with van der Waals surface area (Å²) < 4.78 is 27.3. The maximum Gasteiger partial charge on any atom is 0.263 e. The van der Waals surface area contributed by atoms with Crippen molar-refractivity contribution >= 4 is 21.5 Å². The third-order valence-electron chi connectivity index (χ3n) is 3.89. The third kappa shape index (κ3) is 4.58. The lowest BCUT2D eigenvalue weighted by Crippen LogP contribution is -2.14. The van der Waals surface area contributed by atoms with Crippen LogP contribution in [0.25, 0.3) is 0 Å². The summed E-state index contributed by atoms with van der Waals surface area (Å²) in [5, 5.41) is 3.23. The molecule has 0 radical (unpaired) electrons. The number of aromatic nitrogens is 2. The molecule has 0 amide bonds. The molecule has 0 fully saturated rings. The number of hydrogen-bond donors (Lipinski definition) is 2. The van der Waals surface area contributed by atoms with Gasteiger partial charge < -0.3 is 5.32 Å². The third-order valence-corrected chi connectivity index (χ3v) is 5.26. The summed E-state index contributed by atoms with van der Waals surface area (Å²) in [6.07, 6.45) is 5.93. The van der Waals surface area contributed by atoms with E-state index >= 15 is 0 Å². The maximum absolute atomic E-state index is 12.4. The normalized spacial score (nSPS) is 11.1. The van der Waals surface area contributed by atoms with Crippen LogP contribution in [0.3, 0.4) is 0 Å². The van der Waals surface area contributed by atoms with Gasteiger partial charge in [0, 0.05) is 18.9 Å². The highest BCUT2D eigenvalue weighted by atomic mass is 32.2. The van der Waals surface area contributed by atoms with E-state index in [0.29, 0.717) is 6.54 Å². The van der Waals surface area contributed by atoms with Crippen molar-refractivity contribution in [1.82, 2.24) is 9.97 Å². The summed E-state index contributed by atoms with van der Waals surface area (Å²) >= 11 is 0. The Kier molecular flexibility index (Phi) is 5.48. The number of benzene rings is 1. The second-order valence-electron chi connectivity index (χ2n) is 5.74. The van der Waals surface area contributed by atoms with E-state index in [4.69, 9.17) is 0 Å². The molecule has 0 bridgehead atoms. The largest absolute Gasteiger partial charge is 0.380 e. The zero-order chi connectivity index (χ0) is 18.4. The van der Waals surface area contributed by atoms with Gasteiger partial charge in [-0.15, -0.1) is 0 Å². The average molecular weight is 368 g/mol. The van der Waals surface area contributed by atoms with Gasteiger partial charge in [-0.3, -0.25) is 9.71 Å². The first-order chi connectivity index (χ1) is 12.6. The SMILES string of the molecule is CCc1ccc(S(=O)(=O)Nc2ccc(NCc3ccncc3)cn2)cc1. The molecule has 3 aromatic rings. The monoisotopic (exact) mass is 368 g/mol. The molecule has 2 N–H and O–H groups in total. The van der Waals surface area contributed by atoms with Gasteiger partial charge in [0.05, 0.1) is 16.8 Å². The molecule has 7 heteroatoms. The Bertz CT molecular complexity index is 941. The number of rotatable bonds is 7. The number of nitrogens with one attached hydrogen (secondary N) is 2. The van der Waals surface area contributed by atoms with E-state index in [0.717, 1.165) is 23.2 Å².